The molecule has 80 valence electrons. The van der Waals surface area contributed by atoms with Crippen molar-refractivity contribution < 1.29 is 17.9 Å². The molecule has 0 saturated heterocycles. The lowest BCUT2D eigenvalue weighted by atomic mass is 10.4. The van der Waals surface area contributed by atoms with Gasteiger partial charge in [0.1, 0.15) is 11.6 Å². The van der Waals surface area contributed by atoms with E-state index >= 15 is 0 Å². The van der Waals surface area contributed by atoms with E-state index < -0.39 is 6.36 Å². The number of aromatic nitrogens is 3. The Hall–Kier alpha value is -1.79. The Kier molecular flexibility index (Phi) is 2.02. The molecule has 4 nitrogen and oxygen atoms in total. The van der Waals surface area contributed by atoms with Crippen molar-refractivity contribution in [2.24, 2.45) is 0 Å². The summed E-state index contributed by atoms with van der Waals surface area (Å²) in [5, 5.41) is 7.38. The fraction of sp³-hybridized carbons (Fsp3) is 0.250. The van der Waals surface area contributed by atoms with Gasteiger partial charge in [-0.15, -0.1) is 23.4 Å². The van der Waals surface area contributed by atoms with Crippen molar-refractivity contribution in [3.8, 4) is 5.75 Å². The topological polar surface area (TPSA) is 39.4 Å². The molecule has 0 saturated carbocycles. The molecule has 15 heavy (non-hydrogen) atoms. The van der Waals surface area contributed by atoms with Crippen LogP contribution in [0.1, 0.15) is 5.82 Å². The van der Waals surface area contributed by atoms with Crippen molar-refractivity contribution in [2.45, 2.75) is 13.3 Å². The Morgan fingerprint density at radius 3 is 2.73 bits per heavy atom. The van der Waals surface area contributed by atoms with Gasteiger partial charge in [-0.25, -0.2) is 0 Å². The number of hydrogen-bond acceptors (Lipinski definition) is 3. The molecule has 0 spiro atoms. The average molecular weight is 217 g/mol. The summed E-state index contributed by atoms with van der Waals surface area (Å²) in [5.74, 6) is 0.297. The van der Waals surface area contributed by atoms with Crippen molar-refractivity contribution in [1.82, 2.24) is 14.6 Å². The predicted molar refractivity (Wildman–Crippen MR) is 44.4 cm³/mol. The van der Waals surface area contributed by atoms with Gasteiger partial charge in [0.05, 0.1) is 0 Å². The number of hydrogen-bond donors (Lipinski definition) is 0. The quantitative estimate of drug-likeness (QED) is 0.732. The highest BCUT2D eigenvalue weighted by atomic mass is 19.4. The maximum Gasteiger partial charge on any atom is 0.573 e. The van der Waals surface area contributed by atoms with Gasteiger partial charge in [0.2, 0.25) is 0 Å². The SMILES string of the molecule is Cc1nnc2cc(OC(F)(F)F)ccn12. The lowest BCUT2D eigenvalue weighted by molar-refractivity contribution is -0.274. The molecule has 0 aliphatic heterocycles. The maximum absolute atomic E-state index is 11.9. The smallest absolute Gasteiger partial charge is 0.406 e. The lowest BCUT2D eigenvalue weighted by Crippen LogP contribution is -2.17. The minimum absolute atomic E-state index is 0.303. The van der Waals surface area contributed by atoms with Gasteiger partial charge in [0, 0.05) is 12.3 Å². The molecule has 0 unspecified atom stereocenters. The summed E-state index contributed by atoms with van der Waals surface area (Å²) >= 11 is 0. The molecule has 0 aromatic carbocycles. The van der Waals surface area contributed by atoms with Gasteiger partial charge in [-0.05, 0) is 13.0 Å². The van der Waals surface area contributed by atoms with Crippen LogP contribution in [0.25, 0.3) is 5.65 Å². The first-order valence-electron chi connectivity index (χ1n) is 4.03. The minimum Gasteiger partial charge on any atom is -0.406 e. The second-order valence-electron chi connectivity index (χ2n) is 2.89. The zero-order valence-corrected chi connectivity index (χ0v) is 7.62. The molecule has 0 radical (unpaired) electrons. The standard InChI is InChI=1S/C8H6F3N3O/c1-5-12-13-7-4-6(2-3-14(5)7)15-8(9,10)11/h2-4H,1H3. The minimum atomic E-state index is -4.69. The van der Waals surface area contributed by atoms with E-state index in [1.165, 1.54) is 18.3 Å². The summed E-state index contributed by atoms with van der Waals surface area (Å²) in [7, 11) is 0. The van der Waals surface area contributed by atoms with Crippen LogP contribution in [0.15, 0.2) is 18.3 Å². The molecule has 0 amide bonds. The third-order valence-electron chi connectivity index (χ3n) is 1.79. The van der Waals surface area contributed by atoms with Gasteiger partial charge in [-0.3, -0.25) is 4.40 Å². The molecule has 0 fully saturated rings. The molecule has 2 aromatic rings. The molecule has 7 heteroatoms. The number of nitrogens with zero attached hydrogens (tertiary/aromatic N) is 3. The van der Waals surface area contributed by atoms with Crippen LogP contribution in [0.4, 0.5) is 13.2 Å². The Morgan fingerprint density at radius 1 is 1.33 bits per heavy atom. The molecule has 0 atom stereocenters. The first kappa shape index (κ1) is 9.75. The zero-order valence-electron chi connectivity index (χ0n) is 7.62. The van der Waals surface area contributed by atoms with E-state index in [0.717, 1.165) is 0 Å². The number of alkyl halides is 3. The summed E-state index contributed by atoms with van der Waals surface area (Å²) in [6.45, 7) is 1.70. The second kappa shape index (κ2) is 3.11. The van der Waals surface area contributed by atoms with Crippen molar-refractivity contribution >= 4 is 5.65 Å². The predicted octanol–water partition coefficient (Wildman–Crippen LogP) is 1.94. The molecule has 2 rings (SSSR count). The van der Waals surface area contributed by atoms with Crippen molar-refractivity contribution in [3.05, 3.63) is 24.2 Å². The highest BCUT2D eigenvalue weighted by Gasteiger charge is 2.31. The normalized spacial score (nSPS) is 12.0. The highest BCUT2D eigenvalue weighted by molar-refractivity contribution is 5.43. The van der Waals surface area contributed by atoms with E-state index in [1.54, 1.807) is 11.3 Å². The Bertz CT molecular complexity index is 491. The molecule has 0 aliphatic rings. The highest BCUT2D eigenvalue weighted by Crippen LogP contribution is 2.23. The van der Waals surface area contributed by atoms with Crippen LogP contribution in [0.3, 0.4) is 0 Å². The Labute approximate surface area is 82.3 Å². The maximum atomic E-state index is 11.9. The van der Waals surface area contributed by atoms with Crippen molar-refractivity contribution in [1.29, 1.82) is 0 Å². The van der Waals surface area contributed by atoms with Gasteiger partial charge >= 0.3 is 6.36 Å². The van der Waals surface area contributed by atoms with Crippen LogP contribution < -0.4 is 4.74 Å². The lowest BCUT2D eigenvalue weighted by Gasteiger charge is -2.08. The van der Waals surface area contributed by atoms with Crippen LogP contribution in [-0.4, -0.2) is 21.0 Å². The van der Waals surface area contributed by atoms with Crippen molar-refractivity contribution in [2.75, 3.05) is 0 Å². The third-order valence-corrected chi connectivity index (χ3v) is 1.79. The molecule has 0 aliphatic carbocycles. The van der Waals surface area contributed by atoms with Gasteiger partial charge in [-0.2, -0.15) is 0 Å². The molecule has 0 N–H and O–H groups in total. The number of fused-ring (bicyclic) bond motifs is 1. The summed E-state index contributed by atoms with van der Waals surface area (Å²) in [5.41, 5.74) is 0.314. The molecule has 2 aromatic heterocycles. The van der Waals surface area contributed by atoms with Crippen LogP contribution in [-0.2, 0) is 0 Å². The first-order valence-corrected chi connectivity index (χ1v) is 4.03. The van der Waals surface area contributed by atoms with Gasteiger partial charge in [-0.1, -0.05) is 0 Å². The number of pyridine rings is 1. The van der Waals surface area contributed by atoms with E-state index in [9.17, 15) is 13.2 Å². The fourth-order valence-electron chi connectivity index (χ4n) is 1.19. The average Bonchev–Trinajstić information content (AvgIpc) is 2.45. The summed E-state index contributed by atoms with van der Waals surface area (Å²) in [6.07, 6.45) is -3.26. The van der Waals surface area contributed by atoms with E-state index in [1.807, 2.05) is 0 Å². The van der Waals surface area contributed by atoms with E-state index in [-0.39, 0.29) is 5.75 Å². The van der Waals surface area contributed by atoms with E-state index in [2.05, 4.69) is 14.9 Å². The molecule has 2 heterocycles. The second-order valence-corrected chi connectivity index (χ2v) is 2.89. The zero-order chi connectivity index (χ0) is 11.1. The Balaban J connectivity index is 2.39. The first-order chi connectivity index (χ1) is 6.96. The third kappa shape index (κ3) is 2.00. The fourth-order valence-corrected chi connectivity index (χ4v) is 1.19. The van der Waals surface area contributed by atoms with Gasteiger partial charge < -0.3 is 4.74 Å². The van der Waals surface area contributed by atoms with Crippen molar-refractivity contribution in [3.63, 3.8) is 0 Å². The largest absolute Gasteiger partial charge is 0.573 e. The van der Waals surface area contributed by atoms with E-state index in [0.29, 0.717) is 11.5 Å². The van der Waals surface area contributed by atoms with Gasteiger partial charge in [0.15, 0.2) is 5.65 Å². The monoisotopic (exact) mass is 217 g/mol. The van der Waals surface area contributed by atoms with Crippen LogP contribution >= 0.6 is 0 Å². The number of aryl methyl sites for hydroxylation is 1. The number of ether oxygens (including phenoxy) is 1. The Morgan fingerprint density at radius 2 is 2.07 bits per heavy atom. The number of rotatable bonds is 1. The van der Waals surface area contributed by atoms with Crippen LogP contribution in [0, 0.1) is 6.92 Å². The van der Waals surface area contributed by atoms with Crippen LogP contribution in [0.2, 0.25) is 0 Å². The summed E-state index contributed by atoms with van der Waals surface area (Å²) in [6, 6.07) is 2.38. The van der Waals surface area contributed by atoms with Crippen LogP contribution in [0.5, 0.6) is 5.75 Å². The summed E-state index contributed by atoms with van der Waals surface area (Å²) < 4.78 is 40.9. The van der Waals surface area contributed by atoms with E-state index in [4.69, 9.17) is 0 Å². The molecule has 0 bridgehead atoms. The number of halogens is 3. The molecular formula is C8H6F3N3O. The summed E-state index contributed by atoms with van der Waals surface area (Å²) in [4.78, 5) is 0. The molecular weight excluding hydrogens is 211 g/mol. The van der Waals surface area contributed by atoms with Gasteiger partial charge in [0.25, 0.3) is 0 Å².